The summed E-state index contributed by atoms with van der Waals surface area (Å²) in [7, 11) is 0. The number of ether oxygens (including phenoxy) is 1. The Labute approximate surface area is 360 Å². The molecule has 6 rings (SSSR count). The van der Waals surface area contributed by atoms with Crippen molar-refractivity contribution >= 4 is 45.6 Å². The summed E-state index contributed by atoms with van der Waals surface area (Å²) in [5.41, 5.74) is 0.959. The first-order valence-corrected chi connectivity index (χ1v) is 20.0. The van der Waals surface area contributed by atoms with Gasteiger partial charge in [-0.1, -0.05) is 29.7 Å². The second-order valence-electron chi connectivity index (χ2n) is 13.4. The highest BCUT2D eigenvalue weighted by molar-refractivity contribution is 7.71. The number of aliphatic hydroxyl groups is 1. The monoisotopic (exact) mass is 884 g/mol. The SMILES string of the molecule is Cc1ccnc(-n2c(=S)[nH]c3sc(C)c(C#CCNC(=O)c4ccc(C(=O)NCCC#Cc5ccc(OCc6ccc(F)c(C(F)(F)F)c6)c(CNCCO)c5)nn4)c3c2=O)c1. The Balaban J connectivity index is 1.01. The number of nitrogens with one attached hydrogen (secondary N) is 4. The fourth-order valence-corrected chi connectivity index (χ4v) is 7.23. The van der Waals surface area contributed by atoms with E-state index >= 15 is 0 Å². The number of carbonyl (C=O) groups excluding carboxylic acids is 2. The van der Waals surface area contributed by atoms with Crippen molar-refractivity contribution in [2.45, 2.75) is 39.6 Å². The van der Waals surface area contributed by atoms with E-state index in [2.05, 4.69) is 59.8 Å². The first-order chi connectivity index (χ1) is 29.7. The number of amides is 2. The summed E-state index contributed by atoms with van der Waals surface area (Å²) in [5, 5.41) is 25.6. The number of aromatic amines is 1. The maximum Gasteiger partial charge on any atom is 0.419 e. The third kappa shape index (κ3) is 11.1. The van der Waals surface area contributed by atoms with Gasteiger partial charge >= 0.3 is 6.18 Å². The second-order valence-corrected chi connectivity index (χ2v) is 15.0. The molecule has 0 bridgehead atoms. The molecule has 2 aromatic carbocycles. The van der Waals surface area contributed by atoms with Crippen molar-refractivity contribution in [2.24, 2.45) is 0 Å². The number of rotatable bonds is 13. The molecule has 2 amide bonds. The zero-order valence-corrected chi connectivity index (χ0v) is 34.6. The van der Waals surface area contributed by atoms with Crippen molar-refractivity contribution < 1.29 is 37.0 Å². The Morgan fingerprint density at radius 2 is 1.73 bits per heavy atom. The molecule has 0 radical (unpaired) electrons. The van der Waals surface area contributed by atoms with Crippen LogP contribution < -0.4 is 26.2 Å². The van der Waals surface area contributed by atoms with Gasteiger partial charge in [0, 0.05) is 48.3 Å². The van der Waals surface area contributed by atoms with E-state index in [1.54, 1.807) is 30.5 Å². The molecule has 0 unspecified atom stereocenters. The van der Waals surface area contributed by atoms with E-state index in [-0.39, 0.29) is 73.1 Å². The van der Waals surface area contributed by atoms with E-state index in [4.69, 9.17) is 17.0 Å². The number of fused-ring (bicyclic) bond motifs is 1. The third-order valence-electron chi connectivity index (χ3n) is 8.90. The summed E-state index contributed by atoms with van der Waals surface area (Å²) in [6.07, 6.45) is -2.99. The van der Waals surface area contributed by atoms with Crippen molar-refractivity contribution in [1.82, 2.24) is 40.7 Å². The minimum Gasteiger partial charge on any atom is -0.489 e. The molecular weight excluding hydrogens is 849 g/mol. The van der Waals surface area contributed by atoms with Crippen LogP contribution in [0.4, 0.5) is 17.6 Å². The summed E-state index contributed by atoms with van der Waals surface area (Å²) in [5.74, 6) is 10.1. The van der Waals surface area contributed by atoms with Gasteiger partial charge in [0.25, 0.3) is 17.4 Å². The fourth-order valence-electron chi connectivity index (χ4n) is 5.89. The number of nitrogens with zero attached hydrogens (tertiary/aromatic N) is 4. The van der Waals surface area contributed by atoms with Gasteiger partial charge in [-0.3, -0.25) is 14.4 Å². The lowest BCUT2D eigenvalue weighted by molar-refractivity contribution is -0.140. The molecule has 4 aromatic heterocycles. The molecule has 5 N–H and O–H groups in total. The van der Waals surface area contributed by atoms with Crippen LogP contribution in [0.2, 0.25) is 0 Å². The fraction of sp³-hybridized carbons (Fsp3) is 0.233. The normalized spacial score (nSPS) is 11.0. The molecule has 0 saturated carbocycles. The van der Waals surface area contributed by atoms with Gasteiger partial charge in [0.2, 0.25) is 0 Å². The van der Waals surface area contributed by atoms with Crippen LogP contribution in [0, 0.1) is 48.1 Å². The topological polar surface area (TPSA) is 176 Å². The Bertz CT molecular complexity index is 2890. The van der Waals surface area contributed by atoms with Crippen LogP contribution in [0.3, 0.4) is 0 Å². The number of aliphatic hydroxyl groups excluding tert-OH is 1. The Morgan fingerprint density at radius 3 is 2.44 bits per heavy atom. The lowest BCUT2D eigenvalue weighted by atomic mass is 10.1. The number of aromatic nitrogens is 5. The van der Waals surface area contributed by atoms with Gasteiger partial charge in [0.05, 0.1) is 29.7 Å². The van der Waals surface area contributed by atoms with Gasteiger partial charge in [0.15, 0.2) is 16.2 Å². The van der Waals surface area contributed by atoms with Crippen molar-refractivity contribution in [2.75, 3.05) is 26.2 Å². The smallest absolute Gasteiger partial charge is 0.419 e. The van der Waals surface area contributed by atoms with Crippen molar-refractivity contribution in [3.8, 4) is 35.2 Å². The number of hydrogen-bond donors (Lipinski definition) is 5. The Morgan fingerprint density at radius 1 is 0.968 bits per heavy atom. The number of aryl methyl sites for hydroxylation is 2. The van der Waals surface area contributed by atoms with Crippen LogP contribution in [0.15, 0.2) is 71.7 Å². The predicted octanol–water partition coefficient (Wildman–Crippen LogP) is 5.68. The number of H-pyrrole nitrogens is 1. The summed E-state index contributed by atoms with van der Waals surface area (Å²) in [4.78, 5) is 47.8. The Kier molecular flexibility index (Phi) is 14.6. The van der Waals surface area contributed by atoms with Crippen LogP contribution >= 0.6 is 23.6 Å². The first-order valence-electron chi connectivity index (χ1n) is 18.8. The van der Waals surface area contributed by atoms with Crippen LogP contribution in [0.25, 0.3) is 16.0 Å². The maximum absolute atomic E-state index is 13.7. The maximum atomic E-state index is 13.7. The number of alkyl halides is 3. The summed E-state index contributed by atoms with van der Waals surface area (Å²) in [6, 6.07) is 13.9. The van der Waals surface area contributed by atoms with Crippen molar-refractivity contribution in [3.63, 3.8) is 0 Å². The Hall–Kier alpha value is -6.77. The molecule has 0 saturated heterocycles. The minimum atomic E-state index is -4.85. The second kappa shape index (κ2) is 20.2. The van der Waals surface area contributed by atoms with E-state index in [1.807, 2.05) is 19.9 Å². The first kappa shape index (κ1) is 44.8. The number of benzene rings is 2. The number of carbonyl (C=O) groups is 2. The molecule has 0 atom stereocenters. The van der Waals surface area contributed by atoms with E-state index in [0.717, 1.165) is 16.5 Å². The molecule has 0 aliphatic carbocycles. The highest BCUT2D eigenvalue weighted by atomic mass is 32.1. The number of pyridine rings is 1. The number of halogens is 4. The van der Waals surface area contributed by atoms with E-state index < -0.39 is 29.4 Å². The summed E-state index contributed by atoms with van der Waals surface area (Å²) < 4.78 is 60.5. The molecule has 0 aliphatic heterocycles. The number of hydrogen-bond acceptors (Lipinski definition) is 11. The quantitative estimate of drug-likeness (QED) is 0.0420. The average molecular weight is 885 g/mol. The van der Waals surface area contributed by atoms with Crippen LogP contribution in [-0.4, -0.2) is 67.9 Å². The van der Waals surface area contributed by atoms with Crippen LogP contribution in [-0.2, 0) is 19.3 Å². The van der Waals surface area contributed by atoms with E-state index in [9.17, 15) is 37.1 Å². The van der Waals surface area contributed by atoms with Gasteiger partial charge in [-0.25, -0.2) is 13.9 Å². The molecule has 0 aliphatic rings. The zero-order valence-electron chi connectivity index (χ0n) is 33.0. The molecule has 19 heteroatoms. The molecule has 4 heterocycles. The number of thiophene rings is 1. The highest BCUT2D eigenvalue weighted by Gasteiger charge is 2.34. The van der Waals surface area contributed by atoms with Crippen LogP contribution in [0.1, 0.15) is 65.7 Å². The molecule has 13 nitrogen and oxygen atoms in total. The zero-order chi connectivity index (χ0) is 44.4. The van der Waals surface area contributed by atoms with Crippen molar-refractivity contribution in [3.05, 3.63) is 137 Å². The minimum absolute atomic E-state index is 0.0226. The lowest BCUT2D eigenvalue weighted by Crippen LogP contribution is -2.27. The lowest BCUT2D eigenvalue weighted by Gasteiger charge is -2.14. The highest BCUT2D eigenvalue weighted by Crippen LogP contribution is 2.32. The van der Waals surface area contributed by atoms with Gasteiger partial charge in [-0.15, -0.1) is 21.5 Å². The molecule has 6 aromatic rings. The van der Waals surface area contributed by atoms with Gasteiger partial charge in [-0.05, 0) is 91.8 Å². The molecule has 0 fully saturated rings. The average Bonchev–Trinajstić information content (AvgIpc) is 3.56. The van der Waals surface area contributed by atoms with E-state index in [1.165, 1.54) is 34.1 Å². The van der Waals surface area contributed by atoms with E-state index in [0.29, 0.717) is 44.5 Å². The standard InChI is InChI=1S/C43H36F4N8O5S2/c1-25-14-17-49-36(20-25)55-41(59)37-30(26(2)62-40(37)52-42(55)61)7-5-16-51-39(58)34-12-11-33(53-54-34)38(57)50-15-4-3-6-27-9-13-35(29(21-27)23-48-18-19-56)60-24-28-8-10-32(44)31(22-28)43(45,46)47/h8-14,17,20-22,48,56H,4,15-16,18-19,23-24H2,1-2H3,(H,50,57)(H,51,58)(H,52,61). The van der Waals surface area contributed by atoms with Gasteiger partial charge < -0.3 is 30.8 Å². The molecule has 62 heavy (non-hydrogen) atoms. The largest absolute Gasteiger partial charge is 0.489 e. The summed E-state index contributed by atoms with van der Waals surface area (Å²) >= 11 is 6.80. The third-order valence-corrected chi connectivity index (χ3v) is 10.2. The predicted molar refractivity (Wildman–Crippen MR) is 226 cm³/mol. The molecular formula is C43H36F4N8O5S2. The van der Waals surface area contributed by atoms with Gasteiger partial charge in [0.1, 0.15) is 28.8 Å². The molecule has 0 spiro atoms. The molecule has 318 valence electrons. The summed E-state index contributed by atoms with van der Waals surface area (Å²) in [6.45, 7) is 3.99. The van der Waals surface area contributed by atoms with Crippen LogP contribution in [0.5, 0.6) is 5.75 Å². The van der Waals surface area contributed by atoms with Crippen molar-refractivity contribution in [1.29, 1.82) is 0 Å². The van der Waals surface area contributed by atoms with Gasteiger partial charge in [-0.2, -0.15) is 13.2 Å².